The minimum atomic E-state index is -0.266. The van der Waals surface area contributed by atoms with Crippen LogP contribution in [0.25, 0.3) is 22.2 Å². The van der Waals surface area contributed by atoms with Gasteiger partial charge in [0, 0.05) is 36.6 Å². The number of anilines is 1. The van der Waals surface area contributed by atoms with Gasteiger partial charge in [-0.15, -0.1) is 0 Å². The van der Waals surface area contributed by atoms with Crippen molar-refractivity contribution in [2.45, 2.75) is 13.3 Å². The summed E-state index contributed by atoms with van der Waals surface area (Å²) < 4.78 is 13.2. The summed E-state index contributed by atoms with van der Waals surface area (Å²) in [6.07, 6.45) is 5.73. The molecule has 3 aromatic heterocycles. The van der Waals surface area contributed by atoms with Crippen molar-refractivity contribution in [1.82, 2.24) is 24.9 Å². The molecule has 7 heteroatoms. The van der Waals surface area contributed by atoms with Gasteiger partial charge < -0.3 is 5.32 Å². The first kappa shape index (κ1) is 17.0. The van der Waals surface area contributed by atoms with Gasteiger partial charge in [0.1, 0.15) is 23.8 Å². The summed E-state index contributed by atoms with van der Waals surface area (Å²) in [5.41, 5.74) is 3.35. The molecule has 0 bridgehead atoms. The van der Waals surface area contributed by atoms with Crippen LogP contribution in [0.15, 0.2) is 55.1 Å². The van der Waals surface area contributed by atoms with E-state index in [0.29, 0.717) is 18.0 Å². The molecule has 6 nitrogen and oxygen atoms in total. The van der Waals surface area contributed by atoms with Crippen molar-refractivity contribution in [2.75, 3.05) is 11.9 Å². The zero-order valence-electron chi connectivity index (χ0n) is 14.7. The van der Waals surface area contributed by atoms with Gasteiger partial charge in [-0.05, 0) is 36.8 Å². The van der Waals surface area contributed by atoms with Crippen LogP contribution < -0.4 is 5.32 Å². The highest BCUT2D eigenvalue weighted by molar-refractivity contribution is 5.89. The number of rotatable bonds is 5. The maximum Gasteiger partial charge on any atom is 0.164 e. The highest BCUT2D eigenvalue weighted by atomic mass is 19.1. The molecule has 0 atom stereocenters. The molecule has 0 aliphatic rings. The van der Waals surface area contributed by atoms with E-state index < -0.39 is 0 Å². The number of nitrogens with zero attached hydrogens (tertiary/aromatic N) is 5. The van der Waals surface area contributed by atoms with Gasteiger partial charge in [0.2, 0.25) is 0 Å². The van der Waals surface area contributed by atoms with E-state index in [4.69, 9.17) is 0 Å². The standard InChI is InChI=1S/C20H17FN6/c1-13-22-8-6-17(27-13)7-9-23-19-18-10-15(11-24-20(18)26-12-25-19)14-2-4-16(21)5-3-14/h2-6,8,10-12H,7,9H2,1H3,(H,23,24,25,26). The highest BCUT2D eigenvalue weighted by Crippen LogP contribution is 2.25. The molecule has 0 amide bonds. The van der Waals surface area contributed by atoms with Crippen LogP contribution >= 0.6 is 0 Å². The normalized spacial score (nSPS) is 10.9. The molecule has 134 valence electrons. The van der Waals surface area contributed by atoms with Crippen LogP contribution in [-0.2, 0) is 6.42 Å². The molecule has 0 aliphatic heterocycles. The van der Waals surface area contributed by atoms with Crippen molar-refractivity contribution in [2.24, 2.45) is 0 Å². The van der Waals surface area contributed by atoms with Gasteiger partial charge in [0.25, 0.3) is 0 Å². The second-order valence-corrected chi connectivity index (χ2v) is 6.10. The summed E-state index contributed by atoms with van der Waals surface area (Å²) >= 11 is 0. The summed E-state index contributed by atoms with van der Waals surface area (Å²) in [5.74, 6) is 1.20. The van der Waals surface area contributed by atoms with Crippen LogP contribution in [-0.4, -0.2) is 31.5 Å². The lowest BCUT2D eigenvalue weighted by Gasteiger charge is -2.09. The van der Waals surface area contributed by atoms with E-state index in [9.17, 15) is 4.39 Å². The fraction of sp³-hybridized carbons (Fsp3) is 0.150. The second kappa shape index (κ2) is 7.41. The number of halogens is 1. The van der Waals surface area contributed by atoms with Crippen LogP contribution in [0.2, 0.25) is 0 Å². The SMILES string of the molecule is Cc1nccc(CCNc2ncnc3ncc(-c4ccc(F)cc4)cc23)n1. The Morgan fingerprint density at radius 2 is 1.81 bits per heavy atom. The first-order valence-corrected chi connectivity index (χ1v) is 8.58. The van der Waals surface area contributed by atoms with Crippen molar-refractivity contribution in [3.05, 3.63) is 72.5 Å². The van der Waals surface area contributed by atoms with Gasteiger partial charge in [-0.2, -0.15) is 0 Å². The molecule has 0 unspecified atom stereocenters. The van der Waals surface area contributed by atoms with Crippen LogP contribution in [0.1, 0.15) is 11.5 Å². The number of aryl methyl sites for hydroxylation is 1. The van der Waals surface area contributed by atoms with E-state index in [2.05, 4.69) is 30.2 Å². The molecule has 0 spiro atoms. The Morgan fingerprint density at radius 3 is 2.63 bits per heavy atom. The van der Waals surface area contributed by atoms with Gasteiger partial charge in [-0.1, -0.05) is 12.1 Å². The Balaban J connectivity index is 1.58. The molecule has 0 radical (unpaired) electrons. The second-order valence-electron chi connectivity index (χ2n) is 6.10. The number of nitrogens with one attached hydrogen (secondary N) is 1. The molecule has 4 aromatic rings. The third-order valence-electron chi connectivity index (χ3n) is 4.17. The lowest BCUT2D eigenvalue weighted by atomic mass is 10.1. The van der Waals surface area contributed by atoms with Gasteiger partial charge in [0.15, 0.2) is 5.65 Å². The van der Waals surface area contributed by atoms with Crippen LogP contribution in [0, 0.1) is 12.7 Å². The average molecular weight is 360 g/mol. The number of pyridine rings is 1. The third-order valence-corrected chi connectivity index (χ3v) is 4.17. The van der Waals surface area contributed by atoms with E-state index in [0.717, 1.165) is 34.5 Å². The molecule has 0 aliphatic carbocycles. The Hall–Kier alpha value is -3.48. The van der Waals surface area contributed by atoms with E-state index in [-0.39, 0.29) is 5.82 Å². The average Bonchev–Trinajstić information content (AvgIpc) is 2.68. The molecule has 4 rings (SSSR count). The number of fused-ring (bicyclic) bond motifs is 1. The smallest absolute Gasteiger partial charge is 0.164 e. The summed E-state index contributed by atoms with van der Waals surface area (Å²) in [4.78, 5) is 21.5. The van der Waals surface area contributed by atoms with E-state index >= 15 is 0 Å². The molecule has 1 aromatic carbocycles. The minimum absolute atomic E-state index is 0.266. The monoisotopic (exact) mass is 360 g/mol. The molecule has 1 N–H and O–H groups in total. The van der Waals surface area contributed by atoms with Gasteiger partial charge in [-0.3, -0.25) is 0 Å². The fourth-order valence-corrected chi connectivity index (χ4v) is 2.84. The van der Waals surface area contributed by atoms with Crippen LogP contribution in [0.4, 0.5) is 10.2 Å². The largest absolute Gasteiger partial charge is 0.369 e. The van der Waals surface area contributed by atoms with Crippen molar-refractivity contribution in [3.8, 4) is 11.1 Å². The zero-order valence-corrected chi connectivity index (χ0v) is 14.7. The van der Waals surface area contributed by atoms with Crippen LogP contribution in [0.5, 0.6) is 0 Å². The zero-order chi connectivity index (χ0) is 18.6. The highest BCUT2D eigenvalue weighted by Gasteiger charge is 2.08. The molecule has 0 saturated carbocycles. The quantitative estimate of drug-likeness (QED) is 0.586. The van der Waals surface area contributed by atoms with Gasteiger partial charge in [0.05, 0.1) is 5.39 Å². The summed E-state index contributed by atoms with van der Waals surface area (Å²) in [6, 6.07) is 10.2. The minimum Gasteiger partial charge on any atom is -0.369 e. The van der Waals surface area contributed by atoms with Gasteiger partial charge in [-0.25, -0.2) is 29.3 Å². The number of benzene rings is 1. The fourth-order valence-electron chi connectivity index (χ4n) is 2.84. The topological polar surface area (TPSA) is 76.5 Å². The van der Waals surface area contributed by atoms with Crippen molar-refractivity contribution in [3.63, 3.8) is 0 Å². The Labute approximate surface area is 155 Å². The van der Waals surface area contributed by atoms with E-state index in [1.165, 1.54) is 18.5 Å². The van der Waals surface area contributed by atoms with E-state index in [1.807, 2.05) is 19.1 Å². The van der Waals surface area contributed by atoms with Crippen molar-refractivity contribution < 1.29 is 4.39 Å². The summed E-state index contributed by atoms with van der Waals surface area (Å²) in [6.45, 7) is 2.54. The van der Waals surface area contributed by atoms with E-state index in [1.54, 1.807) is 24.5 Å². The maximum absolute atomic E-state index is 13.2. The first-order chi connectivity index (χ1) is 13.2. The van der Waals surface area contributed by atoms with Crippen molar-refractivity contribution in [1.29, 1.82) is 0 Å². The van der Waals surface area contributed by atoms with Crippen LogP contribution in [0.3, 0.4) is 0 Å². The number of aromatic nitrogens is 5. The lowest BCUT2D eigenvalue weighted by Crippen LogP contribution is -2.09. The van der Waals surface area contributed by atoms with Crippen molar-refractivity contribution >= 4 is 16.9 Å². The molecule has 27 heavy (non-hydrogen) atoms. The molecule has 3 heterocycles. The Morgan fingerprint density at radius 1 is 0.963 bits per heavy atom. The molecular formula is C20H17FN6. The maximum atomic E-state index is 13.2. The Bertz CT molecular complexity index is 1080. The number of hydrogen-bond donors (Lipinski definition) is 1. The molecule has 0 saturated heterocycles. The third kappa shape index (κ3) is 3.87. The molecular weight excluding hydrogens is 343 g/mol. The molecule has 0 fully saturated rings. The predicted octanol–water partition coefficient (Wildman–Crippen LogP) is 3.58. The first-order valence-electron chi connectivity index (χ1n) is 8.58. The summed E-state index contributed by atoms with van der Waals surface area (Å²) in [5, 5.41) is 4.15. The Kier molecular flexibility index (Phi) is 4.65. The van der Waals surface area contributed by atoms with Gasteiger partial charge >= 0.3 is 0 Å². The number of hydrogen-bond acceptors (Lipinski definition) is 6. The summed E-state index contributed by atoms with van der Waals surface area (Å²) in [7, 11) is 0. The predicted molar refractivity (Wildman–Crippen MR) is 102 cm³/mol. The lowest BCUT2D eigenvalue weighted by molar-refractivity contribution is 0.628.